The van der Waals surface area contributed by atoms with Crippen molar-refractivity contribution < 1.29 is 13.9 Å². The van der Waals surface area contributed by atoms with Crippen LogP contribution in [0.5, 0.6) is 11.5 Å². The Labute approximate surface area is 134 Å². The fraction of sp³-hybridized carbons (Fsp3) is 0.412. The molecule has 0 bridgehead atoms. The molecule has 2 aromatic rings. The zero-order valence-corrected chi connectivity index (χ0v) is 13.9. The van der Waals surface area contributed by atoms with E-state index in [4.69, 9.17) is 9.47 Å². The lowest BCUT2D eigenvalue weighted by atomic mass is 9.89. The number of aromatic nitrogens is 2. The predicted octanol–water partition coefficient (Wildman–Crippen LogP) is 4.24. The Morgan fingerprint density at radius 1 is 1.22 bits per heavy atom. The van der Waals surface area contributed by atoms with Crippen LogP contribution in [0.2, 0.25) is 0 Å². The highest BCUT2D eigenvalue weighted by Gasteiger charge is 2.38. The van der Waals surface area contributed by atoms with E-state index in [-0.39, 0.29) is 5.41 Å². The van der Waals surface area contributed by atoms with E-state index in [0.717, 1.165) is 11.3 Å². The van der Waals surface area contributed by atoms with Crippen LogP contribution in [0, 0.1) is 6.92 Å². The van der Waals surface area contributed by atoms with Crippen molar-refractivity contribution in [1.82, 2.24) is 9.97 Å². The molecule has 1 N–H and O–H groups in total. The largest absolute Gasteiger partial charge is 0.423 e. The molecule has 1 unspecified atom stereocenters. The molecule has 2 heterocycles. The van der Waals surface area contributed by atoms with Gasteiger partial charge in [0.15, 0.2) is 11.5 Å². The van der Waals surface area contributed by atoms with Gasteiger partial charge in [0.05, 0.1) is 11.4 Å². The standard InChI is InChI=1S/C17H20FN3O2/c1-10-9-19-15(21-14(10)16(2,3)4)20-11-7-6-8-12-13(11)23-17(5,18)22-12/h6-9H,1-5H3,(H,19,20,21). The Kier molecular flexibility index (Phi) is 3.43. The van der Waals surface area contributed by atoms with Crippen LogP contribution in [0.25, 0.3) is 0 Å². The Bertz CT molecular complexity index is 754. The first kappa shape index (κ1) is 15.5. The second-order valence-corrected chi connectivity index (χ2v) is 6.77. The number of nitrogens with one attached hydrogen (secondary N) is 1. The van der Waals surface area contributed by atoms with Gasteiger partial charge in [-0.3, -0.25) is 0 Å². The third-order valence-electron chi connectivity index (χ3n) is 3.48. The predicted molar refractivity (Wildman–Crippen MR) is 86.0 cm³/mol. The fourth-order valence-electron chi connectivity index (χ4n) is 2.58. The first-order valence-electron chi connectivity index (χ1n) is 7.47. The molecule has 122 valence electrons. The summed E-state index contributed by atoms with van der Waals surface area (Å²) in [5.41, 5.74) is 2.44. The molecule has 0 fully saturated rings. The minimum absolute atomic E-state index is 0.0980. The Morgan fingerprint density at radius 2 is 1.96 bits per heavy atom. The van der Waals surface area contributed by atoms with Crippen LogP contribution in [0.1, 0.15) is 39.0 Å². The molecule has 3 rings (SSSR count). The van der Waals surface area contributed by atoms with Crippen molar-refractivity contribution in [2.75, 3.05) is 5.32 Å². The highest BCUT2D eigenvalue weighted by molar-refractivity contribution is 5.68. The van der Waals surface area contributed by atoms with Crippen molar-refractivity contribution in [2.45, 2.75) is 46.1 Å². The molecule has 0 spiro atoms. The maximum Gasteiger partial charge on any atom is 0.404 e. The first-order chi connectivity index (χ1) is 10.7. The summed E-state index contributed by atoms with van der Waals surface area (Å²) in [5, 5.41) is 3.09. The van der Waals surface area contributed by atoms with E-state index in [2.05, 4.69) is 36.1 Å². The molecule has 1 aromatic heterocycles. The smallest absolute Gasteiger partial charge is 0.404 e. The number of anilines is 2. The van der Waals surface area contributed by atoms with Gasteiger partial charge in [-0.05, 0) is 24.6 Å². The van der Waals surface area contributed by atoms with Gasteiger partial charge in [0.1, 0.15) is 0 Å². The van der Waals surface area contributed by atoms with Crippen molar-refractivity contribution in [2.24, 2.45) is 0 Å². The van der Waals surface area contributed by atoms with Crippen LogP contribution in [-0.2, 0) is 5.41 Å². The maximum atomic E-state index is 13.9. The molecule has 0 saturated carbocycles. The second-order valence-electron chi connectivity index (χ2n) is 6.77. The molecule has 1 atom stereocenters. The van der Waals surface area contributed by atoms with Crippen LogP contribution < -0.4 is 14.8 Å². The van der Waals surface area contributed by atoms with Crippen LogP contribution in [0.3, 0.4) is 0 Å². The van der Waals surface area contributed by atoms with Crippen LogP contribution in [-0.4, -0.2) is 16.0 Å². The minimum Gasteiger partial charge on any atom is -0.423 e. The van der Waals surface area contributed by atoms with Crippen molar-refractivity contribution in [3.63, 3.8) is 0 Å². The number of aryl methyl sites for hydroxylation is 1. The molecule has 0 amide bonds. The molecule has 5 nitrogen and oxygen atoms in total. The lowest BCUT2D eigenvalue weighted by Gasteiger charge is -2.20. The summed E-state index contributed by atoms with van der Waals surface area (Å²) >= 11 is 0. The molecule has 6 heteroatoms. The van der Waals surface area contributed by atoms with E-state index in [1.165, 1.54) is 6.92 Å². The van der Waals surface area contributed by atoms with Gasteiger partial charge in [-0.15, -0.1) is 0 Å². The second kappa shape index (κ2) is 5.08. The van der Waals surface area contributed by atoms with Crippen molar-refractivity contribution in [3.05, 3.63) is 35.7 Å². The number of nitrogens with zero attached hydrogens (tertiary/aromatic N) is 2. The zero-order valence-electron chi connectivity index (χ0n) is 13.9. The van der Waals surface area contributed by atoms with Crippen molar-refractivity contribution in [3.8, 4) is 11.5 Å². The van der Waals surface area contributed by atoms with Gasteiger partial charge in [0.2, 0.25) is 5.95 Å². The monoisotopic (exact) mass is 317 g/mol. The van der Waals surface area contributed by atoms with Gasteiger partial charge < -0.3 is 14.8 Å². The summed E-state index contributed by atoms with van der Waals surface area (Å²) < 4.78 is 24.2. The Morgan fingerprint density at radius 3 is 2.65 bits per heavy atom. The lowest BCUT2D eigenvalue weighted by Crippen LogP contribution is -2.28. The first-order valence-corrected chi connectivity index (χ1v) is 7.47. The number of para-hydroxylation sites is 1. The molecule has 0 radical (unpaired) electrons. The van der Waals surface area contributed by atoms with Crippen molar-refractivity contribution >= 4 is 11.6 Å². The Balaban J connectivity index is 1.95. The summed E-state index contributed by atoms with van der Waals surface area (Å²) in [5.74, 6) is 1.10. The van der Waals surface area contributed by atoms with E-state index in [9.17, 15) is 4.39 Å². The van der Waals surface area contributed by atoms with Crippen LogP contribution in [0.4, 0.5) is 16.0 Å². The molecule has 1 aromatic carbocycles. The summed E-state index contributed by atoms with van der Waals surface area (Å²) in [6, 6.07) is 3.01. The Hall–Kier alpha value is -2.37. The number of alkyl halides is 1. The molecule has 0 aliphatic carbocycles. The third-order valence-corrected chi connectivity index (χ3v) is 3.48. The summed E-state index contributed by atoms with van der Waals surface area (Å²) in [6.45, 7) is 9.49. The number of benzene rings is 1. The zero-order chi connectivity index (χ0) is 16.8. The SMILES string of the molecule is Cc1cnc(Nc2cccc3c2OC(C)(F)O3)nc1C(C)(C)C. The third kappa shape index (κ3) is 3.06. The number of hydrogen-bond acceptors (Lipinski definition) is 5. The highest BCUT2D eigenvalue weighted by Crippen LogP contribution is 2.45. The molecular formula is C17H20FN3O2. The average Bonchev–Trinajstić information content (AvgIpc) is 2.75. The number of fused-ring (bicyclic) bond motifs is 1. The molecule has 23 heavy (non-hydrogen) atoms. The fourth-order valence-corrected chi connectivity index (χ4v) is 2.58. The van der Waals surface area contributed by atoms with Crippen LogP contribution >= 0.6 is 0 Å². The van der Waals surface area contributed by atoms with Crippen molar-refractivity contribution in [1.29, 1.82) is 0 Å². The maximum absolute atomic E-state index is 13.9. The van der Waals surface area contributed by atoms with E-state index in [1.807, 2.05) is 6.92 Å². The minimum atomic E-state index is -2.16. The van der Waals surface area contributed by atoms with Gasteiger partial charge in [-0.2, -0.15) is 4.39 Å². The summed E-state index contributed by atoms with van der Waals surface area (Å²) in [6.07, 6.45) is 1.77. The lowest BCUT2D eigenvalue weighted by molar-refractivity contribution is -0.173. The van der Waals surface area contributed by atoms with E-state index in [1.54, 1.807) is 24.4 Å². The van der Waals surface area contributed by atoms with E-state index >= 15 is 0 Å². The molecule has 1 aliphatic rings. The molecule has 1 aliphatic heterocycles. The molecular weight excluding hydrogens is 297 g/mol. The van der Waals surface area contributed by atoms with Gasteiger partial charge in [0, 0.05) is 18.5 Å². The van der Waals surface area contributed by atoms with Gasteiger partial charge >= 0.3 is 6.04 Å². The normalized spacial score (nSPS) is 19.7. The van der Waals surface area contributed by atoms with Crippen LogP contribution in [0.15, 0.2) is 24.4 Å². The number of ether oxygens (including phenoxy) is 2. The van der Waals surface area contributed by atoms with E-state index in [0.29, 0.717) is 23.1 Å². The van der Waals surface area contributed by atoms with Gasteiger partial charge in [0.25, 0.3) is 0 Å². The number of halogens is 1. The summed E-state index contributed by atoms with van der Waals surface area (Å²) in [7, 11) is 0. The number of rotatable bonds is 2. The quantitative estimate of drug-likeness (QED) is 0.898. The number of hydrogen-bond donors (Lipinski definition) is 1. The average molecular weight is 317 g/mol. The highest BCUT2D eigenvalue weighted by atomic mass is 19.2. The molecule has 0 saturated heterocycles. The summed E-state index contributed by atoms with van der Waals surface area (Å²) in [4.78, 5) is 8.89. The van der Waals surface area contributed by atoms with E-state index < -0.39 is 6.04 Å². The van der Waals surface area contributed by atoms with Gasteiger partial charge in [-0.25, -0.2) is 9.97 Å². The topological polar surface area (TPSA) is 56.3 Å². The van der Waals surface area contributed by atoms with Gasteiger partial charge in [-0.1, -0.05) is 26.8 Å².